The van der Waals surface area contributed by atoms with Crippen LogP contribution in [0.5, 0.6) is 5.75 Å². The van der Waals surface area contributed by atoms with Crippen LogP contribution in [0.2, 0.25) is 5.02 Å². The van der Waals surface area contributed by atoms with E-state index in [0.717, 1.165) is 0 Å². The summed E-state index contributed by atoms with van der Waals surface area (Å²) in [6.07, 6.45) is -1.16. The molecule has 0 N–H and O–H groups in total. The molecule has 122 valence electrons. The number of ether oxygens (including phenoxy) is 3. The first-order valence-corrected chi connectivity index (χ1v) is 7.32. The van der Waals surface area contributed by atoms with Crippen molar-refractivity contribution in [3.63, 3.8) is 0 Å². The Labute approximate surface area is 141 Å². The van der Waals surface area contributed by atoms with Crippen molar-refractivity contribution in [3.05, 3.63) is 64.2 Å². The molecule has 7 heteroatoms. The minimum Gasteiger partial charge on any atom is -0.426 e. The van der Waals surface area contributed by atoms with Gasteiger partial charge in [-0.2, -0.15) is 0 Å². The number of esters is 3. The highest BCUT2D eigenvalue weighted by atomic mass is 35.5. The molecule has 3 rings (SSSR count). The highest BCUT2D eigenvalue weighted by Crippen LogP contribution is 2.33. The van der Waals surface area contributed by atoms with Gasteiger partial charge in [0, 0.05) is 17.5 Å². The molecule has 0 radical (unpaired) electrons. The van der Waals surface area contributed by atoms with E-state index in [9.17, 15) is 14.4 Å². The fourth-order valence-corrected chi connectivity index (χ4v) is 2.44. The van der Waals surface area contributed by atoms with Crippen LogP contribution in [-0.2, 0) is 14.3 Å². The van der Waals surface area contributed by atoms with E-state index in [-0.39, 0.29) is 16.3 Å². The van der Waals surface area contributed by atoms with Crippen molar-refractivity contribution in [1.82, 2.24) is 0 Å². The van der Waals surface area contributed by atoms with E-state index < -0.39 is 24.2 Å². The molecule has 0 fully saturated rings. The van der Waals surface area contributed by atoms with E-state index in [0.29, 0.717) is 11.1 Å². The van der Waals surface area contributed by atoms with Gasteiger partial charge in [-0.05, 0) is 24.3 Å². The van der Waals surface area contributed by atoms with E-state index >= 15 is 0 Å². The second-order valence-corrected chi connectivity index (χ2v) is 5.40. The number of hydrogen-bond donors (Lipinski definition) is 0. The van der Waals surface area contributed by atoms with Crippen molar-refractivity contribution in [2.24, 2.45) is 0 Å². The first-order chi connectivity index (χ1) is 11.5. The zero-order valence-electron chi connectivity index (χ0n) is 12.4. The van der Waals surface area contributed by atoms with Crippen LogP contribution >= 0.6 is 11.6 Å². The summed E-state index contributed by atoms with van der Waals surface area (Å²) in [5.41, 5.74) is 0.742. The number of halogens is 1. The highest BCUT2D eigenvalue weighted by molar-refractivity contribution is 6.31. The lowest BCUT2D eigenvalue weighted by molar-refractivity contribution is -0.131. The van der Waals surface area contributed by atoms with E-state index in [1.807, 2.05) is 0 Å². The lowest BCUT2D eigenvalue weighted by Gasteiger charge is -2.14. The van der Waals surface area contributed by atoms with Crippen LogP contribution < -0.4 is 4.74 Å². The molecule has 2 aromatic carbocycles. The molecule has 1 atom stereocenters. The molecule has 6 nitrogen and oxygen atoms in total. The normalized spacial score (nSPS) is 15.4. The maximum absolute atomic E-state index is 12.4. The number of rotatable bonds is 3. The number of fused-ring (bicyclic) bond motifs is 1. The molecule has 24 heavy (non-hydrogen) atoms. The standard InChI is InChI=1S/C17H11ClO6/c1-9(19)22-14-7-6-10(18)8-13(14)16(21)24-17-12-5-3-2-4-11(12)15(20)23-17/h2-8,17H,1H3. The molecule has 0 amide bonds. The third kappa shape index (κ3) is 3.09. The second-order valence-electron chi connectivity index (χ2n) is 4.96. The van der Waals surface area contributed by atoms with Gasteiger partial charge in [-0.3, -0.25) is 4.79 Å². The molecule has 0 aromatic heterocycles. The van der Waals surface area contributed by atoms with Gasteiger partial charge in [0.05, 0.1) is 5.56 Å². The van der Waals surface area contributed by atoms with Gasteiger partial charge in [0.1, 0.15) is 11.3 Å². The number of hydrogen-bond acceptors (Lipinski definition) is 6. The minimum absolute atomic E-state index is 0.00880. The summed E-state index contributed by atoms with van der Waals surface area (Å²) in [5.74, 6) is -1.99. The first-order valence-electron chi connectivity index (χ1n) is 6.94. The van der Waals surface area contributed by atoms with Gasteiger partial charge in [0.2, 0.25) is 0 Å². The van der Waals surface area contributed by atoms with Crippen LogP contribution in [0.3, 0.4) is 0 Å². The van der Waals surface area contributed by atoms with Gasteiger partial charge in [-0.1, -0.05) is 29.8 Å². The Morgan fingerprint density at radius 2 is 1.92 bits per heavy atom. The van der Waals surface area contributed by atoms with Gasteiger partial charge in [-0.25, -0.2) is 9.59 Å². The third-order valence-electron chi connectivity index (χ3n) is 3.28. The average Bonchev–Trinajstić information content (AvgIpc) is 2.85. The summed E-state index contributed by atoms with van der Waals surface area (Å²) in [6, 6.07) is 10.8. The number of carbonyl (C=O) groups excluding carboxylic acids is 3. The third-order valence-corrected chi connectivity index (χ3v) is 3.51. The van der Waals surface area contributed by atoms with Gasteiger partial charge in [-0.15, -0.1) is 0 Å². The van der Waals surface area contributed by atoms with Crippen LogP contribution in [0.1, 0.15) is 39.5 Å². The Morgan fingerprint density at radius 1 is 1.17 bits per heavy atom. The molecular weight excluding hydrogens is 336 g/mol. The van der Waals surface area contributed by atoms with Gasteiger partial charge >= 0.3 is 17.9 Å². The van der Waals surface area contributed by atoms with Crippen LogP contribution in [0.25, 0.3) is 0 Å². The fraction of sp³-hybridized carbons (Fsp3) is 0.118. The Bertz CT molecular complexity index is 845. The van der Waals surface area contributed by atoms with Crippen molar-refractivity contribution in [3.8, 4) is 5.75 Å². The van der Waals surface area contributed by atoms with Crippen molar-refractivity contribution < 1.29 is 28.6 Å². The van der Waals surface area contributed by atoms with Crippen LogP contribution in [0, 0.1) is 0 Å². The Balaban J connectivity index is 1.87. The number of cyclic esters (lactones) is 1. The Morgan fingerprint density at radius 3 is 2.67 bits per heavy atom. The maximum Gasteiger partial charge on any atom is 0.345 e. The summed E-state index contributed by atoms with van der Waals surface area (Å²) in [5, 5.41) is 0.265. The Kier molecular flexibility index (Phi) is 4.22. The summed E-state index contributed by atoms with van der Waals surface area (Å²) >= 11 is 5.88. The molecule has 1 aliphatic rings. The maximum atomic E-state index is 12.4. The number of carbonyl (C=O) groups is 3. The smallest absolute Gasteiger partial charge is 0.345 e. The molecule has 0 saturated carbocycles. The minimum atomic E-state index is -1.16. The predicted molar refractivity (Wildman–Crippen MR) is 82.8 cm³/mol. The lowest BCUT2D eigenvalue weighted by atomic mass is 10.1. The zero-order chi connectivity index (χ0) is 17.3. The quantitative estimate of drug-likeness (QED) is 0.626. The van der Waals surface area contributed by atoms with Crippen LogP contribution in [0.15, 0.2) is 42.5 Å². The van der Waals surface area contributed by atoms with Gasteiger partial charge in [0.15, 0.2) is 0 Å². The highest BCUT2D eigenvalue weighted by Gasteiger charge is 2.34. The zero-order valence-corrected chi connectivity index (χ0v) is 13.2. The van der Waals surface area contributed by atoms with Crippen molar-refractivity contribution in [2.45, 2.75) is 13.2 Å². The van der Waals surface area contributed by atoms with E-state index in [1.54, 1.807) is 24.3 Å². The first kappa shape index (κ1) is 16.0. The number of benzene rings is 2. The molecular formula is C17H11ClO6. The largest absolute Gasteiger partial charge is 0.426 e. The molecule has 1 unspecified atom stereocenters. The molecule has 1 aliphatic heterocycles. The molecule has 2 aromatic rings. The van der Waals surface area contributed by atoms with Crippen LogP contribution in [0.4, 0.5) is 0 Å². The van der Waals surface area contributed by atoms with Crippen molar-refractivity contribution in [2.75, 3.05) is 0 Å². The molecule has 0 saturated heterocycles. The predicted octanol–water partition coefficient (Wildman–Crippen LogP) is 3.29. The Hall–Kier alpha value is -2.86. The summed E-state index contributed by atoms with van der Waals surface area (Å²) in [4.78, 5) is 35.3. The van der Waals surface area contributed by atoms with Crippen LogP contribution in [-0.4, -0.2) is 17.9 Å². The van der Waals surface area contributed by atoms with E-state index in [2.05, 4.69) is 0 Å². The average molecular weight is 347 g/mol. The van der Waals surface area contributed by atoms with Gasteiger partial charge in [0.25, 0.3) is 6.29 Å². The monoisotopic (exact) mass is 346 g/mol. The fourth-order valence-electron chi connectivity index (χ4n) is 2.27. The lowest BCUT2D eigenvalue weighted by Crippen LogP contribution is -2.14. The van der Waals surface area contributed by atoms with Crippen molar-refractivity contribution >= 4 is 29.5 Å². The van der Waals surface area contributed by atoms with E-state index in [4.69, 9.17) is 25.8 Å². The SMILES string of the molecule is CC(=O)Oc1ccc(Cl)cc1C(=O)OC1OC(=O)c2ccccc21. The topological polar surface area (TPSA) is 78.9 Å². The molecule has 0 bridgehead atoms. The van der Waals surface area contributed by atoms with Crippen molar-refractivity contribution in [1.29, 1.82) is 0 Å². The molecule has 0 aliphatic carbocycles. The summed E-state index contributed by atoms with van der Waals surface area (Å²) < 4.78 is 15.3. The summed E-state index contributed by atoms with van der Waals surface area (Å²) in [6.45, 7) is 1.21. The van der Waals surface area contributed by atoms with E-state index in [1.165, 1.54) is 25.1 Å². The summed E-state index contributed by atoms with van der Waals surface area (Å²) in [7, 11) is 0. The molecule has 0 spiro atoms. The second kappa shape index (κ2) is 6.33. The van der Waals surface area contributed by atoms with Gasteiger partial charge < -0.3 is 14.2 Å². The molecule has 1 heterocycles.